The topological polar surface area (TPSA) is 67.2 Å². The Morgan fingerprint density at radius 2 is 1.70 bits per heavy atom. The van der Waals surface area contributed by atoms with E-state index in [1.807, 2.05) is 18.2 Å². The number of fused-ring (bicyclic) bond motifs is 1. The zero-order valence-corrected chi connectivity index (χ0v) is 18.4. The number of benzene rings is 2. The van der Waals surface area contributed by atoms with Crippen LogP contribution in [0.25, 0.3) is 17.1 Å². The van der Waals surface area contributed by atoms with Crippen LogP contribution in [0.15, 0.2) is 58.7 Å². The number of nitrogens with zero attached hydrogens (tertiary/aromatic N) is 3. The summed E-state index contributed by atoms with van der Waals surface area (Å²) in [6.45, 7) is 0. The Morgan fingerprint density at radius 1 is 1.00 bits per heavy atom. The molecule has 0 fully saturated rings. The Hall–Kier alpha value is -1.41. The molecule has 129 valence electrons. The fourth-order valence-electron chi connectivity index (χ4n) is 2.41. The van der Waals surface area contributed by atoms with Crippen LogP contribution in [-0.2, 0) is 4.79 Å². The van der Waals surface area contributed by atoms with Crippen LogP contribution in [0, 0.1) is 0 Å². The van der Waals surface area contributed by atoms with Gasteiger partial charge in [0.25, 0.3) is 5.91 Å². The molecule has 1 aromatic heterocycles. The van der Waals surface area contributed by atoms with E-state index < -0.39 is 0 Å². The third-order valence-corrected chi connectivity index (χ3v) is 5.14. The van der Waals surface area contributed by atoms with Crippen LogP contribution in [0.2, 0.25) is 10.0 Å². The van der Waals surface area contributed by atoms with E-state index in [0.29, 0.717) is 25.8 Å². The molecule has 0 bridgehead atoms. The van der Waals surface area contributed by atoms with Gasteiger partial charge in [-0.05, 0) is 47.7 Å². The summed E-state index contributed by atoms with van der Waals surface area (Å²) < 4.78 is 0. The quantitative estimate of drug-likeness (QED) is 0.480. The van der Waals surface area contributed by atoms with Gasteiger partial charge in [0.2, 0.25) is 0 Å². The number of halogens is 2. The molecule has 4 rings (SSSR count). The number of anilines is 1. The molecule has 0 unspecified atom stereocenters. The molecule has 1 N–H and O–H groups in total. The summed E-state index contributed by atoms with van der Waals surface area (Å²) in [5, 5.41) is 4.36. The van der Waals surface area contributed by atoms with Crippen molar-refractivity contribution in [3.63, 3.8) is 0 Å². The molecular formula is C18H10Cl2N4NaOS. The molecule has 0 spiro atoms. The van der Waals surface area contributed by atoms with Gasteiger partial charge in [-0.15, -0.1) is 0 Å². The molecule has 2 heterocycles. The van der Waals surface area contributed by atoms with Crippen molar-refractivity contribution in [2.24, 2.45) is 4.99 Å². The second kappa shape index (κ2) is 8.73. The van der Waals surface area contributed by atoms with E-state index in [2.05, 4.69) is 20.3 Å². The van der Waals surface area contributed by atoms with Crippen LogP contribution in [0.1, 0.15) is 5.56 Å². The van der Waals surface area contributed by atoms with Crippen molar-refractivity contribution in [2.45, 2.75) is 0 Å². The second-order valence-electron chi connectivity index (χ2n) is 5.36. The van der Waals surface area contributed by atoms with Gasteiger partial charge >= 0.3 is 0 Å². The number of aromatic nitrogens is 2. The minimum Gasteiger partial charge on any atom is -0.332 e. The number of nitrogens with one attached hydrogen (secondary N) is 1. The Morgan fingerprint density at radius 3 is 2.44 bits per heavy atom. The summed E-state index contributed by atoms with van der Waals surface area (Å²) in [6.07, 6.45) is 5.04. The Bertz CT molecular complexity index is 1080. The van der Waals surface area contributed by atoms with E-state index in [1.165, 1.54) is 11.8 Å². The Kier molecular flexibility index (Phi) is 6.57. The van der Waals surface area contributed by atoms with Gasteiger partial charge in [0, 0.05) is 42.0 Å². The van der Waals surface area contributed by atoms with Crippen molar-refractivity contribution in [1.29, 1.82) is 0 Å². The van der Waals surface area contributed by atoms with Gasteiger partial charge in [-0.3, -0.25) is 14.8 Å². The number of carbonyl (C=O) groups excluding carboxylic acids is 1. The van der Waals surface area contributed by atoms with Gasteiger partial charge in [0.05, 0.1) is 31.7 Å². The van der Waals surface area contributed by atoms with E-state index >= 15 is 0 Å². The van der Waals surface area contributed by atoms with Crippen LogP contribution >= 0.6 is 35.0 Å². The predicted octanol–water partition coefficient (Wildman–Crippen LogP) is 4.64. The molecule has 1 amide bonds. The predicted molar refractivity (Wildman–Crippen MR) is 113 cm³/mol. The number of rotatable bonds is 2. The molecule has 3 aromatic rings. The van der Waals surface area contributed by atoms with Gasteiger partial charge < -0.3 is 5.32 Å². The normalized spacial score (nSPS) is 15.0. The zero-order chi connectivity index (χ0) is 18.1. The molecule has 0 saturated carbocycles. The molecule has 1 aliphatic rings. The summed E-state index contributed by atoms with van der Waals surface area (Å²) in [4.78, 5) is 25.2. The van der Waals surface area contributed by atoms with Crippen LogP contribution in [0.4, 0.5) is 5.69 Å². The average Bonchev–Trinajstić information content (AvgIpc) is 2.97. The summed E-state index contributed by atoms with van der Waals surface area (Å²) in [5.74, 6) is -0.320. The summed E-state index contributed by atoms with van der Waals surface area (Å²) in [7, 11) is 0. The minimum absolute atomic E-state index is 0. The number of aliphatic imine (C=N–C) groups is 1. The maximum atomic E-state index is 12.2. The molecule has 9 heteroatoms. The zero-order valence-electron chi connectivity index (χ0n) is 14.1. The van der Waals surface area contributed by atoms with Gasteiger partial charge in [-0.2, -0.15) is 4.99 Å². The molecule has 1 radical (unpaired) electrons. The number of para-hydroxylation sites is 1. The third kappa shape index (κ3) is 4.54. The molecular weight excluding hydrogens is 414 g/mol. The number of hydrogen-bond donors (Lipinski definition) is 1. The first-order chi connectivity index (χ1) is 12.6. The van der Waals surface area contributed by atoms with Crippen molar-refractivity contribution in [1.82, 2.24) is 9.97 Å². The van der Waals surface area contributed by atoms with Crippen molar-refractivity contribution < 1.29 is 4.79 Å². The molecule has 0 saturated heterocycles. The largest absolute Gasteiger partial charge is 0.332 e. The Balaban J connectivity index is 0.00000210. The van der Waals surface area contributed by atoms with E-state index in [-0.39, 0.29) is 35.5 Å². The first-order valence-corrected chi connectivity index (χ1v) is 9.12. The van der Waals surface area contributed by atoms with Crippen LogP contribution in [0.5, 0.6) is 0 Å². The minimum atomic E-state index is -0.320. The first kappa shape index (κ1) is 20.3. The number of amides is 1. The molecule has 1 aliphatic heterocycles. The van der Waals surface area contributed by atoms with Crippen LogP contribution in [-0.4, -0.2) is 50.6 Å². The average molecular weight is 424 g/mol. The number of carbonyl (C=O) groups is 1. The van der Waals surface area contributed by atoms with E-state index in [0.717, 1.165) is 16.6 Å². The van der Waals surface area contributed by atoms with E-state index in [4.69, 9.17) is 23.2 Å². The molecule has 5 nitrogen and oxygen atoms in total. The molecule has 0 aliphatic carbocycles. The van der Waals surface area contributed by atoms with Gasteiger partial charge in [0.15, 0.2) is 5.17 Å². The number of amidine groups is 1. The Labute approximate surface area is 191 Å². The maximum Gasteiger partial charge on any atom is 0.286 e. The smallest absolute Gasteiger partial charge is 0.286 e. The first-order valence-electron chi connectivity index (χ1n) is 7.54. The van der Waals surface area contributed by atoms with Crippen molar-refractivity contribution in [3.05, 3.63) is 69.3 Å². The fourth-order valence-corrected chi connectivity index (χ4v) is 3.72. The molecule has 2 aromatic carbocycles. The summed E-state index contributed by atoms with van der Waals surface area (Å²) in [5.41, 5.74) is 2.93. The summed E-state index contributed by atoms with van der Waals surface area (Å²) >= 11 is 13.5. The number of hydrogen-bond acceptors (Lipinski definition) is 5. The van der Waals surface area contributed by atoms with Crippen LogP contribution < -0.4 is 5.32 Å². The second-order valence-corrected chi connectivity index (χ2v) is 7.20. The SMILES string of the molecule is O=C1N=C(Nc2c(Cl)cccc2Cl)SC1=Cc1ccc2nccnc2c1.[Na]. The van der Waals surface area contributed by atoms with E-state index in [1.54, 1.807) is 36.7 Å². The maximum absolute atomic E-state index is 12.2. The van der Waals surface area contributed by atoms with Crippen molar-refractivity contribution in [2.75, 3.05) is 5.32 Å². The standard InChI is InChI=1S/C18H10Cl2N4OS.Na/c19-11-2-1-3-12(20)16(11)23-18-24-17(25)15(26-18)9-10-4-5-13-14(8-10)22-7-6-21-13;/h1-9H,(H,23,24,25);. The fraction of sp³-hybridized carbons (Fsp3) is 0. The van der Waals surface area contributed by atoms with Gasteiger partial charge in [0.1, 0.15) is 0 Å². The molecule has 27 heavy (non-hydrogen) atoms. The van der Waals surface area contributed by atoms with Gasteiger partial charge in [-0.1, -0.05) is 35.3 Å². The van der Waals surface area contributed by atoms with Crippen molar-refractivity contribution >= 4 is 98.4 Å². The van der Waals surface area contributed by atoms with Crippen LogP contribution in [0.3, 0.4) is 0 Å². The van der Waals surface area contributed by atoms with Gasteiger partial charge in [-0.25, -0.2) is 0 Å². The monoisotopic (exact) mass is 423 g/mol. The van der Waals surface area contributed by atoms with E-state index in [9.17, 15) is 4.79 Å². The molecule has 0 atom stereocenters. The third-order valence-electron chi connectivity index (χ3n) is 3.61. The summed E-state index contributed by atoms with van der Waals surface area (Å²) in [6, 6.07) is 10.8. The van der Waals surface area contributed by atoms with Crippen molar-refractivity contribution in [3.8, 4) is 0 Å². The number of thioether (sulfide) groups is 1.